The summed E-state index contributed by atoms with van der Waals surface area (Å²) in [7, 11) is 0. The van der Waals surface area contributed by atoms with Crippen molar-refractivity contribution in [1.82, 2.24) is 0 Å². The number of nitrogens with zero attached hydrogens (tertiary/aromatic N) is 3. The van der Waals surface area contributed by atoms with Gasteiger partial charge in [0.25, 0.3) is 0 Å². The molecule has 0 atom stereocenters. The molecule has 0 aliphatic heterocycles. The molecule has 0 fully saturated rings. The highest BCUT2D eigenvalue weighted by molar-refractivity contribution is 6.19. The van der Waals surface area contributed by atoms with Gasteiger partial charge in [0.2, 0.25) is 0 Å². The number of hydrogen-bond donors (Lipinski definition) is 4. The molecule has 75 heavy (non-hydrogen) atoms. The van der Waals surface area contributed by atoms with Gasteiger partial charge in [0, 0.05) is 34.1 Å². The molecule has 10 rings (SSSR count). The topological polar surface area (TPSA) is 113 Å². The lowest BCUT2D eigenvalue weighted by atomic mass is 10.0. The normalized spacial score (nSPS) is 11.6. The van der Waals surface area contributed by atoms with Crippen LogP contribution in [0.15, 0.2) is 275 Å². The number of aliphatic imine (C=N–C) groups is 3. The van der Waals surface area contributed by atoms with Crippen molar-refractivity contribution in [1.29, 1.82) is 0 Å². The zero-order valence-corrected chi connectivity index (χ0v) is 38.7. The Labute approximate surface area is 447 Å². The summed E-state index contributed by atoms with van der Waals surface area (Å²) in [5.41, 5.74) is 30.2. The molecule has 0 saturated carbocycles. The van der Waals surface area contributed by atoms with Crippen LogP contribution in [0.1, 0.15) is 65.0 Å². The standard InChI is InChI=1S/C32H27N3.C31H26N4.5CH4/c33-28-14-6-24(7-15-28)22-25-10-18-31(19-11-25)35-32-20-12-27(13-21-32)23-26-8-16-30(17-9-26)34-29-4-2-1-3-5-29;32-25-10-6-23(7-11-25)22-24-8-12-27(13-9-24)34-29-18-20-31(21-19-29)35-30-16-14-28(15-17-30)33-26-4-2-1-3-5-26;;;;;/h1-21,23,34H,22,33H2;1-21,33H,22,32H2;5*1H4. The van der Waals surface area contributed by atoms with E-state index in [0.29, 0.717) is 0 Å². The fraction of sp³-hybridized carbons (Fsp3) is 0.103. The van der Waals surface area contributed by atoms with Crippen molar-refractivity contribution in [2.45, 2.75) is 50.0 Å². The average molecular weight is 988 g/mol. The van der Waals surface area contributed by atoms with Gasteiger partial charge in [-0.25, -0.2) is 15.0 Å². The third-order valence-electron chi connectivity index (χ3n) is 11.4. The molecule has 2 aliphatic rings. The minimum atomic E-state index is 0. The zero-order valence-electron chi connectivity index (χ0n) is 38.7. The first-order chi connectivity index (χ1) is 34.4. The molecule has 8 aromatic carbocycles. The second kappa shape index (κ2) is 29.3. The molecule has 0 saturated heterocycles. The molecule has 0 heterocycles. The highest BCUT2D eigenvalue weighted by atomic mass is 14.9. The van der Waals surface area contributed by atoms with Gasteiger partial charge in [-0.1, -0.05) is 146 Å². The first kappa shape index (κ1) is 58.2. The van der Waals surface area contributed by atoms with Crippen molar-refractivity contribution in [2.75, 3.05) is 22.1 Å². The van der Waals surface area contributed by atoms with Crippen LogP contribution >= 0.6 is 0 Å². The van der Waals surface area contributed by atoms with Gasteiger partial charge in [-0.2, -0.15) is 0 Å². The van der Waals surface area contributed by atoms with E-state index in [1.807, 2.05) is 121 Å². The molecule has 7 heteroatoms. The molecule has 380 valence electrons. The zero-order chi connectivity index (χ0) is 47.7. The number of para-hydroxylation sites is 2. The summed E-state index contributed by atoms with van der Waals surface area (Å²) in [5.74, 6) is 0. The van der Waals surface area contributed by atoms with E-state index in [4.69, 9.17) is 26.4 Å². The highest BCUT2D eigenvalue weighted by Gasteiger charge is 2.05. The van der Waals surface area contributed by atoms with Crippen LogP contribution in [0.2, 0.25) is 0 Å². The molecular formula is C68H73N7. The smallest absolute Gasteiger partial charge is 0.0638 e. The van der Waals surface area contributed by atoms with Crippen molar-refractivity contribution in [3.63, 3.8) is 0 Å². The van der Waals surface area contributed by atoms with E-state index < -0.39 is 0 Å². The Morgan fingerprint density at radius 2 is 0.587 bits per heavy atom. The van der Waals surface area contributed by atoms with Gasteiger partial charge < -0.3 is 22.1 Å². The lowest BCUT2D eigenvalue weighted by Gasteiger charge is -2.07. The number of nitrogen functional groups attached to an aromatic ring is 2. The lowest BCUT2D eigenvalue weighted by Crippen LogP contribution is -1.99. The second-order valence-electron chi connectivity index (χ2n) is 16.9. The second-order valence-corrected chi connectivity index (χ2v) is 16.9. The number of nitrogens with two attached hydrogens (primary N) is 2. The Hall–Kier alpha value is -9.33. The summed E-state index contributed by atoms with van der Waals surface area (Å²) in [6.45, 7) is 0. The average Bonchev–Trinajstić information content (AvgIpc) is 3.40. The van der Waals surface area contributed by atoms with E-state index in [0.717, 1.165) is 92.3 Å². The number of allylic oxidation sites excluding steroid dienone is 9. The summed E-state index contributed by atoms with van der Waals surface area (Å²) in [6.07, 6.45) is 20.2. The van der Waals surface area contributed by atoms with Crippen LogP contribution in [-0.4, -0.2) is 17.1 Å². The van der Waals surface area contributed by atoms with E-state index in [1.54, 1.807) is 0 Å². The Kier molecular flexibility index (Phi) is 22.7. The number of hydrogen-bond acceptors (Lipinski definition) is 7. The fourth-order valence-corrected chi connectivity index (χ4v) is 7.66. The molecule has 0 bridgehead atoms. The largest absolute Gasteiger partial charge is 0.399 e. The maximum absolute atomic E-state index is 5.77. The Bertz CT molecular complexity index is 2970. The van der Waals surface area contributed by atoms with Crippen LogP contribution in [0, 0.1) is 0 Å². The quantitative estimate of drug-likeness (QED) is 0.0721. The Morgan fingerprint density at radius 1 is 0.307 bits per heavy atom. The predicted octanol–water partition coefficient (Wildman–Crippen LogP) is 18.6. The van der Waals surface area contributed by atoms with Gasteiger partial charge in [0.05, 0.1) is 34.2 Å². The first-order valence-electron chi connectivity index (χ1n) is 23.3. The molecule has 0 amide bonds. The minimum absolute atomic E-state index is 0. The third-order valence-corrected chi connectivity index (χ3v) is 11.4. The Balaban J connectivity index is 0.000000304. The molecule has 7 nitrogen and oxygen atoms in total. The van der Waals surface area contributed by atoms with Crippen LogP contribution in [0.5, 0.6) is 0 Å². The molecule has 2 aliphatic carbocycles. The monoisotopic (exact) mass is 988 g/mol. The highest BCUT2D eigenvalue weighted by Crippen LogP contribution is 2.24. The van der Waals surface area contributed by atoms with Crippen LogP contribution < -0.4 is 22.1 Å². The van der Waals surface area contributed by atoms with Gasteiger partial charge in [-0.05, 0) is 198 Å². The molecule has 0 radical (unpaired) electrons. The molecule has 0 spiro atoms. The van der Waals surface area contributed by atoms with Gasteiger partial charge in [0.15, 0.2) is 0 Å². The van der Waals surface area contributed by atoms with Crippen LogP contribution in [0.4, 0.5) is 51.2 Å². The van der Waals surface area contributed by atoms with E-state index in [-0.39, 0.29) is 37.1 Å². The summed E-state index contributed by atoms with van der Waals surface area (Å²) < 4.78 is 0. The SMILES string of the molecule is C.C.C.C.C.Nc1ccc(Cc2ccc(N=C3C=CC(=Cc4ccc(Nc5ccccc5)cc4)C=C3)cc2)cc1.Nc1ccc(Cc2ccc(N=C3C=CC(=Nc4ccc(Nc5ccccc5)cc4)C=C3)cc2)cc1. The number of nitrogens with one attached hydrogen (secondary N) is 2. The molecule has 8 aromatic rings. The van der Waals surface area contributed by atoms with Crippen molar-refractivity contribution in [3.05, 3.63) is 288 Å². The maximum atomic E-state index is 5.77. The third kappa shape index (κ3) is 18.0. The van der Waals surface area contributed by atoms with Crippen LogP contribution in [0.3, 0.4) is 0 Å². The van der Waals surface area contributed by atoms with Crippen molar-refractivity contribution in [2.24, 2.45) is 15.0 Å². The fourth-order valence-electron chi connectivity index (χ4n) is 7.66. The van der Waals surface area contributed by atoms with Gasteiger partial charge in [-0.15, -0.1) is 0 Å². The van der Waals surface area contributed by atoms with Crippen molar-refractivity contribution >= 4 is 74.4 Å². The molecule has 0 unspecified atom stereocenters. The minimum Gasteiger partial charge on any atom is -0.399 e. The van der Waals surface area contributed by atoms with Gasteiger partial charge in [-0.3, -0.25) is 0 Å². The van der Waals surface area contributed by atoms with Gasteiger partial charge >= 0.3 is 0 Å². The van der Waals surface area contributed by atoms with Crippen molar-refractivity contribution < 1.29 is 0 Å². The summed E-state index contributed by atoms with van der Waals surface area (Å²) >= 11 is 0. The van der Waals surface area contributed by atoms with Gasteiger partial charge in [0.1, 0.15) is 0 Å². The van der Waals surface area contributed by atoms with E-state index in [2.05, 4.69) is 150 Å². The lowest BCUT2D eigenvalue weighted by molar-refractivity contribution is 1.19. The van der Waals surface area contributed by atoms with E-state index in [9.17, 15) is 0 Å². The summed E-state index contributed by atoms with van der Waals surface area (Å²) in [5, 5.41) is 6.80. The van der Waals surface area contributed by atoms with Crippen LogP contribution in [0.25, 0.3) is 6.08 Å². The molecular weight excluding hydrogens is 915 g/mol. The van der Waals surface area contributed by atoms with E-state index in [1.165, 1.54) is 22.3 Å². The molecule has 0 aromatic heterocycles. The summed E-state index contributed by atoms with van der Waals surface area (Å²) in [6, 6.07) is 69.6. The predicted molar refractivity (Wildman–Crippen MR) is 332 cm³/mol. The maximum Gasteiger partial charge on any atom is 0.0638 e. The van der Waals surface area contributed by atoms with Crippen LogP contribution in [-0.2, 0) is 12.8 Å². The summed E-state index contributed by atoms with van der Waals surface area (Å²) in [4.78, 5) is 14.2. The van der Waals surface area contributed by atoms with E-state index >= 15 is 0 Å². The number of anilines is 6. The number of benzene rings is 8. The number of rotatable bonds is 12. The first-order valence-corrected chi connectivity index (χ1v) is 23.3. The Morgan fingerprint density at radius 3 is 0.933 bits per heavy atom. The molecule has 6 N–H and O–H groups in total. The van der Waals surface area contributed by atoms with Crippen molar-refractivity contribution in [3.8, 4) is 0 Å².